The van der Waals surface area contributed by atoms with Gasteiger partial charge in [-0.2, -0.15) is 0 Å². The summed E-state index contributed by atoms with van der Waals surface area (Å²) in [4.78, 5) is 11.4. The Morgan fingerprint density at radius 2 is 1.66 bits per heavy atom. The van der Waals surface area contributed by atoms with Gasteiger partial charge in [0.1, 0.15) is 0 Å². The van der Waals surface area contributed by atoms with Gasteiger partial charge in [-0.3, -0.25) is 4.72 Å². The van der Waals surface area contributed by atoms with Crippen LogP contribution in [-0.4, -0.2) is 45.1 Å². The zero-order valence-electron chi connectivity index (χ0n) is 23.9. The number of hydrogen-bond donors (Lipinski definition) is 2. The van der Waals surface area contributed by atoms with Crippen LogP contribution in [0.2, 0.25) is 0 Å². The predicted octanol–water partition coefficient (Wildman–Crippen LogP) is 6.24. The molecule has 0 saturated heterocycles. The molecular weight excluding hydrogens is 542 g/mol. The van der Waals surface area contributed by atoms with Crippen molar-refractivity contribution in [1.82, 2.24) is 0 Å². The quantitative estimate of drug-likeness (QED) is 0.110. The topological polar surface area (TPSA) is 111 Å². The Morgan fingerprint density at radius 1 is 0.902 bits per heavy atom. The summed E-state index contributed by atoms with van der Waals surface area (Å²) in [5.41, 5.74) is 4.23. The van der Waals surface area contributed by atoms with Gasteiger partial charge >= 0.3 is 5.97 Å². The summed E-state index contributed by atoms with van der Waals surface area (Å²) in [6.07, 6.45) is 4.36. The molecule has 8 nitrogen and oxygen atoms in total. The fourth-order valence-corrected chi connectivity index (χ4v) is 5.12. The van der Waals surface area contributed by atoms with E-state index in [9.17, 15) is 18.3 Å². The van der Waals surface area contributed by atoms with Crippen LogP contribution in [-0.2, 0) is 32.4 Å². The average Bonchev–Trinajstić information content (AvgIpc) is 2.94. The predicted molar refractivity (Wildman–Crippen MR) is 162 cm³/mol. The number of aryl methyl sites for hydroxylation is 2. The molecule has 2 N–H and O–H groups in total. The average molecular weight is 582 g/mol. The molecule has 0 aromatic heterocycles. The van der Waals surface area contributed by atoms with E-state index in [1.165, 1.54) is 6.08 Å². The highest BCUT2D eigenvalue weighted by Gasteiger charge is 2.13. The first-order chi connectivity index (χ1) is 19.7. The number of carboxylic acid groups (broad SMARTS) is 1. The molecule has 9 heteroatoms. The van der Waals surface area contributed by atoms with Crippen LogP contribution in [0.15, 0.2) is 72.5 Å². The molecule has 0 fully saturated rings. The van der Waals surface area contributed by atoms with Crippen LogP contribution in [0, 0.1) is 6.92 Å². The molecule has 0 heterocycles. The van der Waals surface area contributed by atoms with Gasteiger partial charge in [0.25, 0.3) is 0 Å². The maximum absolute atomic E-state index is 12.6. The lowest BCUT2D eigenvalue weighted by atomic mass is 10.1. The Bertz CT molecular complexity index is 1420. The van der Waals surface area contributed by atoms with E-state index in [-0.39, 0.29) is 18.1 Å². The molecule has 3 aromatic rings. The van der Waals surface area contributed by atoms with E-state index in [4.69, 9.17) is 14.2 Å². The molecule has 0 radical (unpaired) electrons. The van der Waals surface area contributed by atoms with Gasteiger partial charge in [-0.15, -0.1) is 0 Å². The first kappa shape index (κ1) is 31.5. The van der Waals surface area contributed by atoms with Gasteiger partial charge in [0.2, 0.25) is 15.8 Å². The van der Waals surface area contributed by atoms with Crippen molar-refractivity contribution in [3.8, 4) is 11.5 Å². The van der Waals surface area contributed by atoms with Crippen LogP contribution < -0.4 is 14.2 Å². The number of unbranched alkanes of at least 4 members (excludes halogenated alkanes) is 1. The molecule has 0 aliphatic rings. The molecule has 0 amide bonds. The summed E-state index contributed by atoms with van der Waals surface area (Å²) in [5.74, 6) is -0.181. The molecular formula is C32H39NO7S. The van der Waals surface area contributed by atoms with E-state index in [0.29, 0.717) is 48.8 Å². The fraction of sp³-hybridized carbons (Fsp3) is 0.344. The Morgan fingerprint density at radius 3 is 2.34 bits per heavy atom. The second-order valence-corrected chi connectivity index (χ2v) is 11.5. The molecule has 0 atom stereocenters. The third-order valence-corrected chi connectivity index (χ3v) is 7.44. The first-order valence-electron chi connectivity index (χ1n) is 13.8. The maximum atomic E-state index is 12.6. The minimum Gasteiger partial charge on any atom is -0.490 e. The van der Waals surface area contributed by atoms with E-state index in [1.54, 1.807) is 37.3 Å². The number of rotatable bonds is 17. The number of carboxylic acids is 1. The van der Waals surface area contributed by atoms with Crippen molar-refractivity contribution < 1.29 is 32.5 Å². The Kier molecular flexibility index (Phi) is 12.1. The van der Waals surface area contributed by atoms with Crippen LogP contribution >= 0.6 is 0 Å². The molecule has 0 spiro atoms. The molecule has 0 unspecified atom stereocenters. The van der Waals surface area contributed by atoms with Gasteiger partial charge in [-0.25, -0.2) is 13.2 Å². The van der Waals surface area contributed by atoms with E-state index in [1.807, 2.05) is 43.3 Å². The standard InChI is InChI=1S/C32H39NO7S/c1-4-6-18-39-30-22-27(23-31(32(34)35)38-5-2)12-15-29(30)40-19-16-25-10-13-28(14-11-25)33-41(36,37)20-17-26-9-7-8-24(3)21-26/h7-15,21-23,33H,4-6,16-20H2,1-3H3,(H,34,35). The van der Waals surface area contributed by atoms with Crippen molar-refractivity contribution in [2.75, 3.05) is 30.3 Å². The second-order valence-electron chi connectivity index (χ2n) is 9.61. The lowest BCUT2D eigenvalue weighted by Crippen LogP contribution is -2.18. The number of hydrogen-bond acceptors (Lipinski definition) is 6. The molecule has 0 saturated carbocycles. The fourth-order valence-electron chi connectivity index (χ4n) is 4.01. The van der Waals surface area contributed by atoms with Gasteiger partial charge in [0, 0.05) is 12.1 Å². The first-order valence-corrected chi connectivity index (χ1v) is 15.5. The van der Waals surface area contributed by atoms with E-state index in [0.717, 1.165) is 29.5 Å². The van der Waals surface area contributed by atoms with E-state index >= 15 is 0 Å². The van der Waals surface area contributed by atoms with Gasteiger partial charge < -0.3 is 19.3 Å². The molecule has 220 valence electrons. The number of anilines is 1. The molecule has 0 aliphatic carbocycles. The zero-order valence-corrected chi connectivity index (χ0v) is 24.7. The summed E-state index contributed by atoms with van der Waals surface area (Å²) < 4.78 is 44.9. The monoisotopic (exact) mass is 581 g/mol. The van der Waals surface area contributed by atoms with Crippen molar-refractivity contribution >= 4 is 27.8 Å². The highest BCUT2D eigenvalue weighted by Crippen LogP contribution is 2.30. The summed E-state index contributed by atoms with van der Waals surface area (Å²) in [5, 5.41) is 9.35. The van der Waals surface area contributed by atoms with Crippen molar-refractivity contribution in [2.24, 2.45) is 0 Å². The van der Waals surface area contributed by atoms with Gasteiger partial charge in [0.15, 0.2) is 11.5 Å². The van der Waals surface area contributed by atoms with Crippen molar-refractivity contribution in [2.45, 2.75) is 46.5 Å². The van der Waals surface area contributed by atoms with Crippen molar-refractivity contribution in [3.63, 3.8) is 0 Å². The molecule has 0 aliphatic heterocycles. The van der Waals surface area contributed by atoms with Crippen LogP contribution in [0.25, 0.3) is 6.08 Å². The molecule has 0 bridgehead atoms. The highest BCUT2D eigenvalue weighted by molar-refractivity contribution is 7.92. The Balaban J connectivity index is 1.58. The van der Waals surface area contributed by atoms with Crippen LogP contribution in [0.5, 0.6) is 11.5 Å². The lowest BCUT2D eigenvalue weighted by molar-refractivity contribution is -0.136. The minimum absolute atomic E-state index is 0.00648. The van der Waals surface area contributed by atoms with Crippen LogP contribution in [0.4, 0.5) is 5.69 Å². The summed E-state index contributed by atoms with van der Waals surface area (Å²) in [6, 6.07) is 20.3. The van der Waals surface area contributed by atoms with Crippen molar-refractivity contribution in [3.05, 3.63) is 94.7 Å². The van der Waals surface area contributed by atoms with Gasteiger partial charge in [-0.05, 0) is 73.7 Å². The third kappa shape index (κ3) is 10.8. The Hall–Kier alpha value is -3.98. The van der Waals surface area contributed by atoms with E-state index in [2.05, 4.69) is 11.6 Å². The summed E-state index contributed by atoms with van der Waals surface area (Å²) >= 11 is 0. The highest BCUT2D eigenvalue weighted by atomic mass is 32.2. The normalized spacial score (nSPS) is 11.6. The summed E-state index contributed by atoms with van der Waals surface area (Å²) in [7, 11) is -3.48. The smallest absolute Gasteiger partial charge is 0.371 e. The number of sulfonamides is 1. The molecule has 3 rings (SSSR count). The summed E-state index contributed by atoms with van der Waals surface area (Å²) in [6.45, 7) is 6.93. The Labute approximate surface area is 243 Å². The SMILES string of the molecule is CCCCOc1cc(C=C(OCC)C(=O)O)ccc1OCCc1ccc(NS(=O)(=O)CCc2cccc(C)c2)cc1. The number of aliphatic carboxylic acids is 1. The number of benzene rings is 3. The number of carbonyl (C=O) groups is 1. The lowest BCUT2D eigenvalue weighted by Gasteiger charge is -2.14. The number of nitrogens with one attached hydrogen (secondary N) is 1. The minimum atomic E-state index is -3.48. The van der Waals surface area contributed by atoms with Crippen LogP contribution in [0.3, 0.4) is 0 Å². The molecule has 3 aromatic carbocycles. The van der Waals surface area contributed by atoms with Gasteiger partial charge in [-0.1, -0.05) is 61.4 Å². The van der Waals surface area contributed by atoms with E-state index < -0.39 is 16.0 Å². The van der Waals surface area contributed by atoms with Crippen LogP contribution in [0.1, 0.15) is 48.9 Å². The zero-order chi connectivity index (χ0) is 29.7. The maximum Gasteiger partial charge on any atom is 0.371 e. The molecule has 41 heavy (non-hydrogen) atoms. The van der Waals surface area contributed by atoms with Gasteiger partial charge in [0.05, 0.1) is 25.6 Å². The second kappa shape index (κ2) is 15.7. The third-order valence-electron chi connectivity index (χ3n) is 6.15. The largest absolute Gasteiger partial charge is 0.490 e. The number of ether oxygens (including phenoxy) is 3. The van der Waals surface area contributed by atoms with Crippen molar-refractivity contribution in [1.29, 1.82) is 0 Å².